The lowest BCUT2D eigenvalue weighted by Gasteiger charge is -2.11. The second-order valence-corrected chi connectivity index (χ2v) is 4.79. The van der Waals surface area contributed by atoms with Gasteiger partial charge >= 0.3 is 5.69 Å². The minimum Gasteiger partial charge on any atom is -0.317 e. The van der Waals surface area contributed by atoms with Crippen LogP contribution in [0.5, 0.6) is 0 Å². The summed E-state index contributed by atoms with van der Waals surface area (Å²) in [6.45, 7) is 2.11. The molecule has 1 heterocycles. The Balaban J connectivity index is 2.22. The van der Waals surface area contributed by atoms with Gasteiger partial charge in [0.05, 0.1) is 5.69 Å². The summed E-state index contributed by atoms with van der Waals surface area (Å²) in [6.07, 6.45) is 3.00. The molecule has 0 saturated heterocycles. The van der Waals surface area contributed by atoms with E-state index in [-0.39, 0.29) is 5.82 Å². The van der Waals surface area contributed by atoms with Crippen molar-refractivity contribution in [1.29, 1.82) is 0 Å². The molecule has 0 radical (unpaired) electrons. The largest absolute Gasteiger partial charge is 0.354 e. The molecular formula is C15H18N4O2. The zero-order valence-electron chi connectivity index (χ0n) is 12.0. The Bertz CT molecular complexity index is 664. The third-order valence-electron chi connectivity index (χ3n) is 3.26. The van der Waals surface area contributed by atoms with Gasteiger partial charge in [0, 0.05) is 12.2 Å². The van der Waals surface area contributed by atoms with Crippen LogP contribution < -0.4 is 16.3 Å². The number of amides is 1. The molecule has 1 unspecified atom stereocenters. The normalized spacial score (nSPS) is 11.9. The van der Waals surface area contributed by atoms with Gasteiger partial charge < -0.3 is 10.6 Å². The van der Waals surface area contributed by atoms with Crippen molar-refractivity contribution in [3.63, 3.8) is 0 Å². The van der Waals surface area contributed by atoms with Gasteiger partial charge in [-0.1, -0.05) is 12.1 Å². The molecule has 0 aliphatic rings. The molecule has 0 aliphatic heterocycles. The number of likely N-dealkylation sites (N-methyl/N-ethyl adjacent to an activating group) is 1. The van der Waals surface area contributed by atoms with Crippen molar-refractivity contribution in [1.82, 2.24) is 14.9 Å². The molecule has 0 aliphatic carbocycles. The Morgan fingerprint density at radius 2 is 2.00 bits per heavy atom. The molecule has 0 saturated carbocycles. The molecule has 0 spiro atoms. The number of rotatable bonds is 6. The zero-order chi connectivity index (χ0) is 15.2. The van der Waals surface area contributed by atoms with Gasteiger partial charge in [-0.25, -0.2) is 4.79 Å². The number of benzene rings is 1. The Hall–Kier alpha value is -2.47. The topological polar surface area (TPSA) is 76.0 Å². The van der Waals surface area contributed by atoms with Gasteiger partial charge in [-0.15, -0.1) is 0 Å². The first kappa shape index (κ1) is 14.9. The molecule has 2 rings (SSSR count). The third-order valence-corrected chi connectivity index (χ3v) is 3.26. The lowest BCUT2D eigenvalue weighted by Crippen LogP contribution is -2.23. The van der Waals surface area contributed by atoms with E-state index in [1.54, 1.807) is 12.3 Å². The summed E-state index contributed by atoms with van der Waals surface area (Å²) in [5.74, 6) is 0.241. The van der Waals surface area contributed by atoms with Gasteiger partial charge in [0.25, 0.3) is 0 Å². The van der Waals surface area contributed by atoms with Crippen molar-refractivity contribution >= 4 is 12.2 Å². The molecule has 2 aromatic rings. The number of carbonyl (C=O) groups is 1. The standard InChI is InChI=1S/C15H18N4O2/c1-11(16-2)9-12-3-5-13(6-4-12)19-8-7-14(17-10-20)18-15(19)21/h3-8,10-11,16H,9H2,1-2H3,(H,17,18,20,21). The minimum atomic E-state index is -0.432. The molecule has 110 valence electrons. The van der Waals surface area contributed by atoms with E-state index in [0.29, 0.717) is 12.5 Å². The van der Waals surface area contributed by atoms with E-state index in [9.17, 15) is 9.59 Å². The van der Waals surface area contributed by atoms with Crippen LogP contribution in [0.4, 0.5) is 5.82 Å². The quantitative estimate of drug-likeness (QED) is 0.775. The summed E-state index contributed by atoms with van der Waals surface area (Å²) < 4.78 is 1.43. The van der Waals surface area contributed by atoms with Crippen LogP contribution in [0, 0.1) is 0 Å². The second-order valence-electron chi connectivity index (χ2n) is 4.79. The van der Waals surface area contributed by atoms with E-state index < -0.39 is 5.69 Å². The van der Waals surface area contributed by atoms with E-state index in [1.165, 1.54) is 10.1 Å². The highest BCUT2D eigenvalue weighted by molar-refractivity contribution is 5.68. The number of hydrogen-bond donors (Lipinski definition) is 2. The summed E-state index contributed by atoms with van der Waals surface area (Å²) in [7, 11) is 1.93. The summed E-state index contributed by atoms with van der Waals surface area (Å²) >= 11 is 0. The maximum Gasteiger partial charge on any atom is 0.354 e. The van der Waals surface area contributed by atoms with Crippen LogP contribution in [-0.2, 0) is 11.2 Å². The highest BCUT2D eigenvalue weighted by Gasteiger charge is 2.04. The molecule has 0 fully saturated rings. The van der Waals surface area contributed by atoms with Crippen molar-refractivity contribution in [3.05, 3.63) is 52.6 Å². The van der Waals surface area contributed by atoms with Gasteiger partial charge in [0.15, 0.2) is 0 Å². The van der Waals surface area contributed by atoms with Crippen LogP contribution in [0.3, 0.4) is 0 Å². The Kier molecular flexibility index (Phi) is 4.84. The van der Waals surface area contributed by atoms with Crippen molar-refractivity contribution in [2.75, 3.05) is 12.4 Å². The minimum absolute atomic E-state index is 0.241. The SMILES string of the molecule is CNC(C)Cc1ccc(-n2ccc(NC=O)nc2=O)cc1. The lowest BCUT2D eigenvalue weighted by molar-refractivity contribution is -0.105. The van der Waals surface area contributed by atoms with E-state index in [2.05, 4.69) is 22.5 Å². The second kappa shape index (κ2) is 6.81. The number of carbonyl (C=O) groups excluding carboxylic acids is 1. The van der Waals surface area contributed by atoms with E-state index in [0.717, 1.165) is 12.1 Å². The van der Waals surface area contributed by atoms with Crippen LogP contribution in [0.15, 0.2) is 41.3 Å². The van der Waals surface area contributed by atoms with Crippen LogP contribution >= 0.6 is 0 Å². The van der Waals surface area contributed by atoms with Crippen LogP contribution in [-0.4, -0.2) is 29.1 Å². The molecule has 1 atom stereocenters. The summed E-state index contributed by atoms with van der Waals surface area (Å²) in [5.41, 5.74) is 1.50. The summed E-state index contributed by atoms with van der Waals surface area (Å²) in [4.78, 5) is 26.0. The fourth-order valence-corrected chi connectivity index (χ4v) is 1.99. The molecule has 21 heavy (non-hydrogen) atoms. The number of nitrogens with zero attached hydrogens (tertiary/aromatic N) is 2. The maximum atomic E-state index is 11.9. The third kappa shape index (κ3) is 3.76. The van der Waals surface area contributed by atoms with Crippen molar-refractivity contribution in [3.8, 4) is 5.69 Å². The molecular weight excluding hydrogens is 268 g/mol. The average Bonchev–Trinajstić information content (AvgIpc) is 2.49. The number of anilines is 1. The lowest BCUT2D eigenvalue weighted by atomic mass is 10.1. The Morgan fingerprint density at radius 1 is 1.29 bits per heavy atom. The smallest absolute Gasteiger partial charge is 0.317 e. The fraction of sp³-hybridized carbons (Fsp3) is 0.267. The highest BCUT2D eigenvalue weighted by atomic mass is 16.1. The Morgan fingerprint density at radius 3 is 2.57 bits per heavy atom. The fourth-order valence-electron chi connectivity index (χ4n) is 1.99. The summed E-state index contributed by atoms with van der Waals surface area (Å²) in [6, 6.07) is 9.72. The zero-order valence-corrected chi connectivity index (χ0v) is 12.0. The van der Waals surface area contributed by atoms with Gasteiger partial charge in [0.2, 0.25) is 6.41 Å². The van der Waals surface area contributed by atoms with Crippen molar-refractivity contribution in [2.45, 2.75) is 19.4 Å². The van der Waals surface area contributed by atoms with Gasteiger partial charge in [0.1, 0.15) is 5.82 Å². The van der Waals surface area contributed by atoms with Crippen LogP contribution in [0.1, 0.15) is 12.5 Å². The van der Waals surface area contributed by atoms with Crippen LogP contribution in [0.25, 0.3) is 5.69 Å². The van der Waals surface area contributed by atoms with E-state index in [1.807, 2.05) is 31.3 Å². The van der Waals surface area contributed by atoms with E-state index in [4.69, 9.17) is 0 Å². The monoisotopic (exact) mass is 286 g/mol. The van der Waals surface area contributed by atoms with Crippen molar-refractivity contribution in [2.24, 2.45) is 0 Å². The first-order valence-electron chi connectivity index (χ1n) is 6.70. The van der Waals surface area contributed by atoms with Gasteiger partial charge in [-0.2, -0.15) is 4.98 Å². The van der Waals surface area contributed by atoms with Crippen molar-refractivity contribution < 1.29 is 4.79 Å². The predicted octanol–water partition coefficient (Wildman–Crippen LogP) is 0.951. The average molecular weight is 286 g/mol. The number of hydrogen-bond acceptors (Lipinski definition) is 4. The highest BCUT2D eigenvalue weighted by Crippen LogP contribution is 2.10. The number of nitrogens with one attached hydrogen (secondary N) is 2. The first-order valence-corrected chi connectivity index (χ1v) is 6.70. The number of aromatic nitrogens is 2. The van der Waals surface area contributed by atoms with E-state index >= 15 is 0 Å². The summed E-state index contributed by atoms with van der Waals surface area (Å²) in [5, 5.41) is 5.54. The Labute approximate surface area is 122 Å². The molecule has 1 amide bonds. The first-order chi connectivity index (χ1) is 10.1. The van der Waals surface area contributed by atoms with Crippen LogP contribution in [0.2, 0.25) is 0 Å². The molecule has 1 aromatic carbocycles. The molecule has 0 bridgehead atoms. The molecule has 1 aromatic heterocycles. The molecule has 6 nitrogen and oxygen atoms in total. The molecule has 6 heteroatoms. The van der Waals surface area contributed by atoms with Gasteiger partial charge in [-0.3, -0.25) is 9.36 Å². The molecule has 2 N–H and O–H groups in total. The maximum absolute atomic E-state index is 11.9. The van der Waals surface area contributed by atoms with Gasteiger partial charge in [-0.05, 0) is 44.2 Å². The predicted molar refractivity (Wildman–Crippen MR) is 81.7 cm³/mol.